The van der Waals surface area contributed by atoms with Crippen LogP contribution in [-0.2, 0) is 24.9 Å². The molecule has 1 aromatic carbocycles. The van der Waals surface area contributed by atoms with Crippen molar-refractivity contribution in [2.45, 2.75) is 39.8 Å². The molecule has 1 aliphatic heterocycles. The number of imidazole rings is 1. The molecule has 4 rings (SSSR count). The van der Waals surface area contributed by atoms with Crippen molar-refractivity contribution in [1.82, 2.24) is 19.0 Å². The highest BCUT2D eigenvalue weighted by Gasteiger charge is 2.24. The fourth-order valence-corrected chi connectivity index (χ4v) is 4.47. The Bertz CT molecular complexity index is 1130. The molecule has 7 heteroatoms. The Hall–Kier alpha value is -2.93. The summed E-state index contributed by atoms with van der Waals surface area (Å²) >= 11 is 0. The van der Waals surface area contributed by atoms with Gasteiger partial charge in [0.15, 0.2) is 0 Å². The summed E-state index contributed by atoms with van der Waals surface area (Å²) in [6.07, 6.45) is 3.94. The van der Waals surface area contributed by atoms with Crippen LogP contribution in [0.5, 0.6) is 0 Å². The molecule has 1 atom stereocenters. The molecule has 0 saturated carbocycles. The molecule has 30 heavy (non-hydrogen) atoms. The highest BCUT2D eigenvalue weighted by Crippen LogP contribution is 2.29. The van der Waals surface area contributed by atoms with Crippen LogP contribution >= 0.6 is 0 Å². The van der Waals surface area contributed by atoms with Gasteiger partial charge in [0.25, 0.3) is 5.56 Å². The van der Waals surface area contributed by atoms with E-state index in [1.165, 1.54) is 0 Å². The molecule has 0 aliphatic carbocycles. The van der Waals surface area contributed by atoms with Crippen LogP contribution < -0.4 is 11.3 Å². The van der Waals surface area contributed by atoms with Crippen LogP contribution in [0.15, 0.2) is 35.3 Å². The molecule has 1 amide bonds. The second-order valence-electron chi connectivity index (χ2n) is 8.37. The number of nitrogens with two attached hydrogens (primary N) is 1. The molecule has 1 aliphatic rings. The van der Waals surface area contributed by atoms with E-state index in [4.69, 9.17) is 10.7 Å². The number of amides is 1. The molecule has 1 fully saturated rings. The molecule has 3 aromatic rings. The Morgan fingerprint density at radius 2 is 2.10 bits per heavy atom. The lowest BCUT2D eigenvalue weighted by Gasteiger charge is -2.32. The van der Waals surface area contributed by atoms with Gasteiger partial charge in [-0.2, -0.15) is 0 Å². The van der Waals surface area contributed by atoms with Crippen LogP contribution in [-0.4, -0.2) is 38.0 Å². The minimum absolute atomic E-state index is 0.00351. The maximum Gasteiger partial charge on any atom is 0.253 e. The summed E-state index contributed by atoms with van der Waals surface area (Å²) < 4.78 is 3.85. The van der Waals surface area contributed by atoms with Gasteiger partial charge in [-0.05, 0) is 49.4 Å². The molecule has 1 unspecified atom stereocenters. The van der Waals surface area contributed by atoms with E-state index in [1.807, 2.05) is 36.2 Å². The summed E-state index contributed by atoms with van der Waals surface area (Å²) in [6, 6.07) is 8.06. The molecule has 1 saturated heterocycles. The van der Waals surface area contributed by atoms with Crippen molar-refractivity contribution in [2.24, 2.45) is 18.7 Å². The van der Waals surface area contributed by atoms with E-state index < -0.39 is 0 Å². The third kappa shape index (κ3) is 3.77. The summed E-state index contributed by atoms with van der Waals surface area (Å²) in [6.45, 7) is 6.32. The summed E-state index contributed by atoms with van der Waals surface area (Å²) in [5.74, 6) is 1.34. The van der Waals surface area contributed by atoms with Gasteiger partial charge in [0.1, 0.15) is 5.82 Å². The Balaban J connectivity index is 1.81. The van der Waals surface area contributed by atoms with Crippen LogP contribution in [0, 0.1) is 12.8 Å². The molecule has 0 spiro atoms. The van der Waals surface area contributed by atoms with Gasteiger partial charge in [0.2, 0.25) is 5.91 Å². The number of carbonyl (C=O) groups excluding carboxylic acids is 1. The lowest BCUT2D eigenvalue weighted by atomic mass is 9.97. The van der Waals surface area contributed by atoms with Crippen molar-refractivity contribution in [3.8, 4) is 11.4 Å². The van der Waals surface area contributed by atoms with Crippen LogP contribution in [0.4, 0.5) is 0 Å². The first-order valence-electron chi connectivity index (χ1n) is 10.5. The fourth-order valence-electron chi connectivity index (χ4n) is 4.47. The van der Waals surface area contributed by atoms with Gasteiger partial charge in [-0.25, -0.2) is 4.98 Å². The highest BCUT2D eigenvalue weighted by atomic mass is 16.2. The number of nitrogens with zero attached hydrogens (tertiary/aromatic N) is 4. The first-order chi connectivity index (χ1) is 14.4. The van der Waals surface area contributed by atoms with Crippen LogP contribution in [0.25, 0.3) is 22.4 Å². The minimum atomic E-state index is -0.00351. The molecule has 0 radical (unpaired) electrons. The van der Waals surface area contributed by atoms with Crippen molar-refractivity contribution in [3.05, 3.63) is 51.9 Å². The largest absolute Gasteiger partial charge is 0.343 e. The monoisotopic (exact) mass is 407 g/mol. The topological polar surface area (TPSA) is 86.2 Å². The van der Waals surface area contributed by atoms with Gasteiger partial charge in [0, 0.05) is 57.5 Å². The highest BCUT2D eigenvalue weighted by molar-refractivity contribution is 5.81. The smallest absolute Gasteiger partial charge is 0.253 e. The number of aromatic nitrogens is 3. The summed E-state index contributed by atoms with van der Waals surface area (Å²) in [7, 11) is 1.77. The number of benzene rings is 1. The van der Waals surface area contributed by atoms with E-state index in [-0.39, 0.29) is 11.5 Å². The summed E-state index contributed by atoms with van der Waals surface area (Å²) in [5.41, 5.74) is 10.4. The third-order valence-electron chi connectivity index (χ3n) is 6.07. The van der Waals surface area contributed by atoms with Crippen LogP contribution in [0.3, 0.4) is 0 Å². The average Bonchev–Trinajstić information content (AvgIpc) is 3.09. The Morgan fingerprint density at radius 1 is 1.30 bits per heavy atom. The van der Waals surface area contributed by atoms with E-state index in [0.717, 1.165) is 60.5 Å². The molecule has 3 heterocycles. The summed E-state index contributed by atoms with van der Waals surface area (Å²) in [5, 5.41) is 0. The first kappa shape index (κ1) is 20.3. The second kappa shape index (κ2) is 8.07. The van der Waals surface area contributed by atoms with Gasteiger partial charge in [0.05, 0.1) is 11.0 Å². The van der Waals surface area contributed by atoms with Gasteiger partial charge in [-0.15, -0.1) is 0 Å². The van der Waals surface area contributed by atoms with Crippen LogP contribution in [0.2, 0.25) is 0 Å². The lowest BCUT2D eigenvalue weighted by molar-refractivity contribution is -0.130. The average molecular weight is 408 g/mol. The fraction of sp³-hybridized carbons (Fsp3) is 0.435. The quantitative estimate of drug-likeness (QED) is 0.720. The molecule has 0 bridgehead atoms. The van der Waals surface area contributed by atoms with E-state index >= 15 is 0 Å². The standard InChI is InChI=1S/C23H29N5O2/c1-15-9-19(14-26(3)23(15)30)22-25-20-10-17(11-24)6-7-21(20)28(22)13-18-5-4-8-27(12-18)16(2)29/h6-7,9-10,14,18H,4-5,8,11-13,24H2,1-3H3. The van der Waals surface area contributed by atoms with E-state index in [9.17, 15) is 9.59 Å². The maximum absolute atomic E-state index is 12.2. The van der Waals surface area contributed by atoms with Gasteiger partial charge in [-0.3, -0.25) is 9.59 Å². The lowest BCUT2D eigenvalue weighted by Crippen LogP contribution is -2.39. The van der Waals surface area contributed by atoms with E-state index in [2.05, 4.69) is 10.6 Å². The predicted octanol–water partition coefficient (Wildman–Crippen LogP) is 2.43. The van der Waals surface area contributed by atoms with Gasteiger partial charge in [-0.1, -0.05) is 6.07 Å². The third-order valence-corrected chi connectivity index (χ3v) is 6.07. The number of likely N-dealkylation sites (tertiary alicyclic amines) is 1. The van der Waals surface area contributed by atoms with Crippen molar-refractivity contribution in [2.75, 3.05) is 13.1 Å². The summed E-state index contributed by atoms with van der Waals surface area (Å²) in [4.78, 5) is 31.0. The number of aryl methyl sites for hydroxylation is 2. The van der Waals surface area contributed by atoms with Gasteiger partial charge < -0.3 is 19.8 Å². The number of hydrogen-bond donors (Lipinski definition) is 1. The zero-order valence-corrected chi connectivity index (χ0v) is 17.9. The van der Waals surface area contributed by atoms with Crippen LogP contribution in [0.1, 0.15) is 30.9 Å². The number of fused-ring (bicyclic) bond motifs is 1. The SMILES string of the molecule is CC(=O)N1CCCC(Cn2c(-c3cc(C)c(=O)n(C)c3)nc3cc(CN)ccc32)C1. The number of hydrogen-bond acceptors (Lipinski definition) is 4. The maximum atomic E-state index is 12.2. The van der Waals surface area contributed by atoms with Crippen molar-refractivity contribution in [3.63, 3.8) is 0 Å². The Kier molecular flexibility index (Phi) is 5.47. The number of piperidine rings is 1. The Labute approximate surface area is 176 Å². The van der Waals surface area contributed by atoms with E-state index in [1.54, 1.807) is 18.5 Å². The Morgan fingerprint density at radius 3 is 2.80 bits per heavy atom. The van der Waals surface area contributed by atoms with Crippen molar-refractivity contribution in [1.29, 1.82) is 0 Å². The second-order valence-corrected chi connectivity index (χ2v) is 8.37. The molecular formula is C23H29N5O2. The zero-order chi connectivity index (χ0) is 21.4. The number of carbonyl (C=O) groups is 1. The first-order valence-corrected chi connectivity index (χ1v) is 10.5. The molecule has 7 nitrogen and oxygen atoms in total. The van der Waals surface area contributed by atoms with Crippen molar-refractivity contribution >= 4 is 16.9 Å². The predicted molar refractivity (Wildman–Crippen MR) is 118 cm³/mol. The molecule has 2 N–H and O–H groups in total. The van der Waals surface area contributed by atoms with Crippen molar-refractivity contribution < 1.29 is 4.79 Å². The molecular weight excluding hydrogens is 378 g/mol. The zero-order valence-electron chi connectivity index (χ0n) is 17.9. The van der Waals surface area contributed by atoms with Gasteiger partial charge >= 0.3 is 0 Å². The van der Waals surface area contributed by atoms with E-state index in [0.29, 0.717) is 18.0 Å². The molecule has 2 aromatic heterocycles. The minimum Gasteiger partial charge on any atom is -0.343 e. The number of pyridine rings is 1. The normalized spacial score (nSPS) is 16.9. The number of rotatable bonds is 4. The molecule has 158 valence electrons.